The molecule has 1 fully saturated rings. The molecule has 0 amide bonds. The Morgan fingerprint density at radius 1 is 1.44 bits per heavy atom. The van der Waals surface area contributed by atoms with Gasteiger partial charge in [0, 0.05) is 18.0 Å². The van der Waals surface area contributed by atoms with E-state index in [9.17, 15) is 0 Å². The lowest BCUT2D eigenvalue weighted by Gasteiger charge is -2.19. The summed E-state index contributed by atoms with van der Waals surface area (Å²) in [6.07, 6.45) is 2.55. The third-order valence-electron chi connectivity index (χ3n) is 3.24. The van der Waals surface area contributed by atoms with Crippen LogP contribution in [0, 0.1) is 0 Å². The van der Waals surface area contributed by atoms with Crippen LogP contribution in [0.2, 0.25) is 0 Å². The SMILES string of the molecule is CN(Cc1nc(C(C)(C)C)no1)CC1CCCN1. The average Bonchev–Trinajstić information content (AvgIpc) is 2.87. The van der Waals surface area contributed by atoms with Crippen molar-refractivity contribution >= 4 is 0 Å². The number of hydrogen-bond donors (Lipinski definition) is 1. The number of likely N-dealkylation sites (N-methyl/N-ethyl adjacent to an activating group) is 1. The highest BCUT2D eigenvalue weighted by Gasteiger charge is 2.22. The summed E-state index contributed by atoms with van der Waals surface area (Å²) in [7, 11) is 2.10. The first kappa shape index (κ1) is 13.5. The van der Waals surface area contributed by atoms with E-state index in [1.165, 1.54) is 12.8 Å². The van der Waals surface area contributed by atoms with Crippen LogP contribution in [0.5, 0.6) is 0 Å². The Morgan fingerprint density at radius 2 is 2.22 bits per heavy atom. The summed E-state index contributed by atoms with van der Waals surface area (Å²) < 4.78 is 5.30. The van der Waals surface area contributed by atoms with E-state index >= 15 is 0 Å². The Hall–Kier alpha value is -0.940. The Labute approximate surface area is 109 Å². The lowest BCUT2D eigenvalue weighted by atomic mass is 9.96. The summed E-state index contributed by atoms with van der Waals surface area (Å²) in [5.41, 5.74) is -0.0483. The summed E-state index contributed by atoms with van der Waals surface area (Å²) in [6, 6.07) is 0.611. The predicted octanol–water partition coefficient (Wildman–Crippen LogP) is 1.55. The standard InChI is InChI=1S/C13H24N4O/c1-13(2,3)12-15-11(18-16-12)9-17(4)8-10-6-5-7-14-10/h10,14H,5-9H2,1-4H3. The van der Waals surface area contributed by atoms with E-state index < -0.39 is 0 Å². The third kappa shape index (κ3) is 3.53. The van der Waals surface area contributed by atoms with Crippen LogP contribution in [0.25, 0.3) is 0 Å². The third-order valence-corrected chi connectivity index (χ3v) is 3.24. The zero-order valence-electron chi connectivity index (χ0n) is 11.9. The van der Waals surface area contributed by atoms with Crippen molar-refractivity contribution in [1.82, 2.24) is 20.4 Å². The Kier molecular flexibility index (Phi) is 4.02. The molecule has 0 saturated carbocycles. The molecule has 102 valence electrons. The van der Waals surface area contributed by atoms with E-state index in [1.54, 1.807) is 0 Å². The van der Waals surface area contributed by atoms with Crippen molar-refractivity contribution in [3.8, 4) is 0 Å². The summed E-state index contributed by atoms with van der Waals surface area (Å²) in [6.45, 7) is 9.18. The Bertz CT molecular complexity index is 377. The molecule has 2 rings (SSSR count). The molecule has 1 saturated heterocycles. The van der Waals surface area contributed by atoms with Gasteiger partial charge in [0.05, 0.1) is 6.54 Å². The highest BCUT2D eigenvalue weighted by Crippen LogP contribution is 2.18. The fraction of sp³-hybridized carbons (Fsp3) is 0.846. The molecule has 18 heavy (non-hydrogen) atoms. The van der Waals surface area contributed by atoms with Crippen LogP contribution in [0.4, 0.5) is 0 Å². The molecule has 0 aliphatic carbocycles. The molecular formula is C13H24N4O. The van der Waals surface area contributed by atoms with Gasteiger partial charge in [-0.05, 0) is 26.4 Å². The smallest absolute Gasteiger partial charge is 0.240 e. The van der Waals surface area contributed by atoms with E-state index in [0.29, 0.717) is 11.9 Å². The molecule has 5 heteroatoms. The quantitative estimate of drug-likeness (QED) is 0.881. The molecule has 0 spiro atoms. The zero-order chi connectivity index (χ0) is 13.2. The first-order valence-corrected chi connectivity index (χ1v) is 6.70. The van der Waals surface area contributed by atoms with Crippen molar-refractivity contribution < 1.29 is 4.52 Å². The van der Waals surface area contributed by atoms with Crippen LogP contribution < -0.4 is 5.32 Å². The van der Waals surface area contributed by atoms with Gasteiger partial charge in [-0.1, -0.05) is 25.9 Å². The van der Waals surface area contributed by atoms with E-state index in [2.05, 4.69) is 48.2 Å². The summed E-state index contributed by atoms with van der Waals surface area (Å²) >= 11 is 0. The van der Waals surface area contributed by atoms with Gasteiger partial charge in [-0.25, -0.2) is 0 Å². The van der Waals surface area contributed by atoms with Crippen molar-refractivity contribution in [1.29, 1.82) is 0 Å². The van der Waals surface area contributed by atoms with Gasteiger partial charge in [-0.3, -0.25) is 4.90 Å². The second-order valence-corrected chi connectivity index (χ2v) is 6.25. The first-order valence-electron chi connectivity index (χ1n) is 6.70. The van der Waals surface area contributed by atoms with E-state index in [-0.39, 0.29) is 5.41 Å². The number of hydrogen-bond acceptors (Lipinski definition) is 5. The molecule has 1 atom stereocenters. The predicted molar refractivity (Wildman–Crippen MR) is 70.4 cm³/mol. The molecule has 1 aromatic rings. The minimum atomic E-state index is -0.0483. The van der Waals surface area contributed by atoms with Gasteiger partial charge in [-0.15, -0.1) is 0 Å². The summed E-state index contributed by atoms with van der Waals surface area (Å²) in [4.78, 5) is 6.70. The lowest BCUT2D eigenvalue weighted by Crippen LogP contribution is -2.35. The van der Waals surface area contributed by atoms with Crippen LogP contribution in [-0.2, 0) is 12.0 Å². The number of aromatic nitrogens is 2. The minimum Gasteiger partial charge on any atom is -0.338 e. The van der Waals surface area contributed by atoms with Crippen molar-refractivity contribution in [3.05, 3.63) is 11.7 Å². The van der Waals surface area contributed by atoms with Gasteiger partial charge in [0.15, 0.2) is 5.82 Å². The number of nitrogens with zero attached hydrogens (tertiary/aromatic N) is 3. The minimum absolute atomic E-state index is 0.0483. The molecule has 0 radical (unpaired) electrons. The van der Waals surface area contributed by atoms with Gasteiger partial charge >= 0.3 is 0 Å². The summed E-state index contributed by atoms with van der Waals surface area (Å²) in [5.74, 6) is 1.49. The van der Waals surface area contributed by atoms with Crippen LogP contribution in [0.1, 0.15) is 45.3 Å². The van der Waals surface area contributed by atoms with Crippen LogP contribution in [0.3, 0.4) is 0 Å². The van der Waals surface area contributed by atoms with Gasteiger partial charge in [0.1, 0.15) is 0 Å². The largest absolute Gasteiger partial charge is 0.338 e. The topological polar surface area (TPSA) is 54.2 Å². The molecule has 0 bridgehead atoms. The second-order valence-electron chi connectivity index (χ2n) is 6.25. The van der Waals surface area contributed by atoms with Gasteiger partial charge in [-0.2, -0.15) is 4.98 Å². The lowest BCUT2D eigenvalue weighted by molar-refractivity contribution is 0.247. The maximum atomic E-state index is 5.30. The molecule has 1 aliphatic heterocycles. The van der Waals surface area contributed by atoms with E-state index in [4.69, 9.17) is 4.52 Å². The van der Waals surface area contributed by atoms with Crippen molar-refractivity contribution in [2.24, 2.45) is 0 Å². The fourth-order valence-electron chi connectivity index (χ4n) is 2.21. The van der Waals surface area contributed by atoms with Gasteiger partial charge in [0.2, 0.25) is 5.89 Å². The van der Waals surface area contributed by atoms with Gasteiger partial charge in [0.25, 0.3) is 0 Å². The molecule has 1 N–H and O–H groups in total. The molecule has 1 aliphatic rings. The molecule has 2 heterocycles. The van der Waals surface area contributed by atoms with Gasteiger partial charge < -0.3 is 9.84 Å². The van der Waals surface area contributed by atoms with E-state index in [0.717, 1.165) is 25.5 Å². The fourth-order valence-corrected chi connectivity index (χ4v) is 2.21. The molecule has 0 aromatic carbocycles. The normalized spacial score (nSPS) is 20.8. The number of nitrogens with one attached hydrogen (secondary N) is 1. The highest BCUT2D eigenvalue weighted by atomic mass is 16.5. The molecular weight excluding hydrogens is 228 g/mol. The molecule has 5 nitrogen and oxygen atoms in total. The molecule has 1 aromatic heterocycles. The highest BCUT2D eigenvalue weighted by molar-refractivity contribution is 4.99. The average molecular weight is 252 g/mol. The first-order chi connectivity index (χ1) is 8.45. The maximum Gasteiger partial charge on any atom is 0.240 e. The Balaban J connectivity index is 1.86. The molecule has 1 unspecified atom stereocenters. The summed E-state index contributed by atoms with van der Waals surface area (Å²) in [5, 5.41) is 7.54. The monoisotopic (exact) mass is 252 g/mol. The van der Waals surface area contributed by atoms with Crippen molar-refractivity contribution in [2.45, 2.75) is 51.6 Å². The van der Waals surface area contributed by atoms with Crippen molar-refractivity contribution in [2.75, 3.05) is 20.1 Å². The van der Waals surface area contributed by atoms with Crippen LogP contribution in [0.15, 0.2) is 4.52 Å². The second kappa shape index (κ2) is 5.36. The Morgan fingerprint density at radius 3 is 2.78 bits per heavy atom. The maximum absolute atomic E-state index is 5.30. The van der Waals surface area contributed by atoms with Crippen LogP contribution >= 0.6 is 0 Å². The zero-order valence-corrected chi connectivity index (χ0v) is 11.9. The van der Waals surface area contributed by atoms with Crippen molar-refractivity contribution in [3.63, 3.8) is 0 Å². The number of rotatable bonds is 4. The van der Waals surface area contributed by atoms with Crippen LogP contribution in [-0.4, -0.2) is 41.2 Å². The van der Waals surface area contributed by atoms with E-state index in [1.807, 2.05) is 0 Å².